The number of nitrogens with two attached hydrogens (primary N) is 2. The van der Waals surface area contributed by atoms with Gasteiger partial charge in [0.15, 0.2) is 10.8 Å². The third-order valence-corrected chi connectivity index (χ3v) is 4.66. The zero-order valence-corrected chi connectivity index (χ0v) is 12.0. The van der Waals surface area contributed by atoms with Gasteiger partial charge in [-0.1, -0.05) is 30.0 Å². The van der Waals surface area contributed by atoms with Gasteiger partial charge in [-0.15, -0.1) is 0 Å². The van der Waals surface area contributed by atoms with E-state index in [0.717, 1.165) is 16.7 Å². The molecular weight excluding hydrogens is 308 g/mol. The number of amidine groups is 1. The molecular formula is C13H12N4O4S. The third kappa shape index (κ3) is 1.90. The number of para-hydroxylation sites is 1. The van der Waals surface area contributed by atoms with Gasteiger partial charge in [-0.3, -0.25) is 19.3 Å². The molecule has 0 spiro atoms. The van der Waals surface area contributed by atoms with Crippen LogP contribution in [0.5, 0.6) is 0 Å². The fraction of sp³-hybridized carbons (Fsp3) is 0.231. The molecule has 2 aliphatic rings. The number of hydrogen-bond donors (Lipinski definition) is 3. The maximum absolute atomic E-state index is 12.7. The quantitative estimate of drug-likeness (QED) is 0.630. The highest BCUT2D eigenvalue weighted by molar-refractivity contribution is 8.15. The zero-order chi connectivity index (χ0) is 16.1. The molecule has 1 aromatic carbocycles. The van der Waals surface area contributed by atoms with Gasteiger partial charge in [0.25, 0.3) is 11.8 Å². The molecule has 0 fully saturated rings. The lowest BCUT2D eigenvalue weighted by Crippen LogP contribution is -2.50. The molecule has 8 nitrogen and oxygen atoms in total. The minimum absolute atomic E-state index is 0.0120. The second kappa shape index (κ2) is 4.82. The van der Waals surface area contributed by atoms with E-state index in [-0.39, 0.29) is 17.3 Å². The molecule has 0 bridgehead atoms. The normalized spacial score (nSPS) is 27.0. The molecule has 0 saturated carbocycles. The standard InChI is InChI=1S/C13H12N4O4S/c14-8(18)5-17-7-4-2-1-3-6(7)13(21,11(17)20)9-10(19)16-12(15)22-9/h1-4,9,21H,5H2,(H2,14,18)(H2,15,16,19)/t9-,13+/m1/s1. The summed E-state index contributed by atoms with van der Waals surface area (Å²) < 4.78 is 0. The Labute approximate surface area is 129 Å². The molecule has 0 saturated heterocycles. The number of aliphatic hydroxyl groups is 1. The largest absolute Gasteiger partial charge is 0.378 e. The van der Waals surface area contributed by atoms with E-state index in [2.05, 4.69) is 4.99 Å². The van der Waals surface area contributed by atoms with Crippen LogP contribution in [0.4, 0.5) is 5.69 Å². The highest BCUT2D eigenvalue weighted by Gasteiger charge is 2.59. The second-order valence-corrected chi connectivity index (χ2v) is 6.05. The van der Waals surface area contributed by atoms with Crippen LogP contribution in [0.3, 0.4) is 0 Å². The molecule has 3 amide bonds. The molecule has 0 radical (unpaired) electrons. The molecule has 2 aliphatic heterocycles. The third-order valence-electron chi connectivity index (χ3n) is 3.55. The Bertz CT molecular complexity index is 735. The second-order valence-electron chi connectivity index (χ2n) is 4.93. The van der Waals surface area contributed by atoms with Crippen molar-refractivity contribution in [1.82, 2.24) is 0 Å². The van der Waals surface area contributed by atoms with Gasteiger partial charge in [0, 0.05) is 5.56 Å². The van der Waals surface area contributed by atoms with Crippen molar-refractivity contribution in [3.63, 3.8) is 0 Å². The summed E-state index contributed by atoms with van der Waals surface area (Å²) in [6.45, 7) is -0.389. The highest BCUT2D eigenvalue weighted by Crippen LogP contribution is 2.47. The van der Waals surface area contributed by atoms with Crippen molar-refractivity contribution in [2.45, 2.75) is 10.9 Å². The minimum atomic E-state index is -2.13. The lowest BCUT2D eigenvalue weighted by atomic mass is 9.91. The number of hydrogen-bond acceptors (Lipinski definition) is 6. The van der Waals surface area contributed by atoms with Gasteiger partial charge in [-0.25, -0.2) is 0 Å². The van der Waals surface area contributed by atoms with Crippen LogP contribution < -0.4 is 16.4 Å². The van der Waals surface area contributed by atoms with Crippen LogP contribution in [-0.4, -0.2) is 39.8 Å². The van der Waals surface area contributed by atoms with Crippen LogP contribution in [0.2, 0.25) is 0 Å². The smallest absolute Gasteiger partial charge is 0.265 e. The van der Waals surface area contributed by atoms with E-state index < -0.39 is 28.6 Å². The fourth-order valence-electron chi connectivity index (χ4n) is 2.66. The van der Waals surface area contributed by atoms with Crippen molar-refractivity contribution in [1.29, 1.82) is 0 Å². The molecule has 0 unspecified atom stereocenters. The van der Waals surface area contributed by atoms with E-state index in [1.807, 2.05) is 0 Å². The molecule has 5 N–H and O–H groups in total. The number of thioether (sulfide) groups is 1. The van der Waals surface area contributed by atoms with E-state index in [1.54, 1.807) is 18.2 Å². The van der Waals surface area contributed by atoms with Crippen molar-refractivity contribution in [3.05, 3.63) is 29.8 Å². The number of primary amides is 1. The van der Waals surface area contributed by atoms with Crippen LogP contribution in [0, 0.1) is 0 Å². The summed E-state index contributed by atoms with van der Waals surface area (Å²) in [5, 5.41) is 9.78. The van der Waals surface area contributed by atoms with Crippen molar-refractivity contribution in [2.24, 2.45) is 16.5 Å². The summed E-state index contributed by atoms with van der Waals surface area (Å²) in [6, 6.07) is 6.37. The van der Waals surface area contributed by atoms with Crippen LogP contribution in [0.15, 0.2) is 29.3 Å². The monoisotopic (exact) mass is 320 g/mol. The van der Waals surface area contributed by atoms with E-state index in [0.29, 0.717) is 5.69 Å². The number of aliphatic imine (C=N–C) groups is 1. The Hall–Kier alpha value is -2.39. The average molecular weight is 320 g/mol. The molecule has 2 heterocycles. The summed E-state index contributed by atoms with van der Waals surface area (Å²) in [5.41, 5.74) is 9.11. The average Bonchev–Trinajstić information content (AvgIpc) is 2.91. The van der Waals surface area contributed by atoms with Gasteiger partial charge >= 0.3 is 0 Å². The molecule has 3 rings (SSSR count). The SMILES string of the molecule is NC(=O)CN1C(=O)[C@@](O)([C@@H]2SC(N)=NC2=O)c2ccccc21. The Morgan fingerprint density at radius 2 is 2.09 bits per heavy atom. The van der Waals surface area contributed by atoms with Gasteiger partial charge in [0.1, 0.15) is 11.8 Å². The van der Waals surface area contributed by atoms with E-state index in [4.69, 9.17) is 11.5 Å². The van der Waals surface area contributed by atoms with Crippen LogP contribution >= 0.6 is 11.8 Å². The van der Waals surface area contributed by atoms with Crippen LogP contribution in [-0.2, 0) is 20.0 Å². The van der Waals surface area contributed by atoms with Crippen molar-refractivity contribution >= 4 is 40.3 Å². The molecule has 0 aliphatic carbocycles. The first-order chi connectivity index (χ1) is 10.4. The van der Waals surface area contributed by atoms with Gasteiger partial charge in [0.05, 0.1) is 5.69 Å². The van der Waals surface area contributed by atoms with Crippen molar-refractivity contribution < 1.29 is 19.5 Å². The first-order valence-corrected chi connectivity index (χ1v) is 7.20. The summed E-state index contributed by atoms with van der Waals surface area (Å²) in [5.74, 6) is -2.20. The maximum atomic E-state index is 12.7. The maximum Gasteiger partial charge on any atom is 0.265 e. The molecule has 22 heavy (non-hydrogen) atoms. The molecule has 9 heteroatoms. The summed E-state index contributed by atoms with van der Waals surface area (Å²) in [4.78, 5) is 40.4. The number of benzene rings is 1. The number of anilines is 1. The fourth-order valence-corrected chi connectivity index (χ4v) is 3.59. The number of nitrogens with zero attached hydrogens (tertiary/aromatic N) is 2. The lowest BCUT2D eigenvalue weighted by molar-refractivity contribution is -0.140. The Kier molecular flexibility index (Phi) is 3.18. The highest BCUT2D eigenvalue weighted by atomic mass is 32.2. The Morgan fingerprint density at radius 1 is 1.41 bits per heavy atom. The molecule has 114 valence electrons. The Morgan fingerprint density at radius 3 is 2.68 bits per heavy atom. The predicted octanol–water partition coefficient (Wildman–Crippen LogP) is -1.34. The van der Waals surface area contributed by atoms with Gasteiger partial charge in [0.2, 0.25) is 5.91 Å². The lowest BCUT2D eigenvalue weighted by Gasteiger charge is -2.26. The van der Waals surface area contributed by atoms with Crippen LogP contribution in [0.1, 0.15) is 5.56 Å². The number of carbonyl (C=O) groups excluding carboxylic acids is 3. The van der Waals surface area contributed by atoms with Crippen molar-refractivity contribution in [3.8, 4) is 0 Å². The minimum Gasteiger partial charge on any atom is -0.378 e. The number of fused-ring (bicyclic) bond motifs is 1. The number of amides is 3. The summed E-state index contributed by atoms with van der Waals surface area (Å²) in [7, 11) is 0. The van der Waals surface area contributed by atoms with Gasteiger partial charge in [-0.2, -0.15) is 4.99 Å². The van der Waals surface area contributed by atoms with E-state index >= 15 is 0 Å². The first kappa shape index (κ1) is 14.5. The first-order valence-electron chi connectivity index (χ1n) is 6.32. The molecule has 1 aromatic rings. The van der Waals surface area contributed by atoms with Gasteiger partial charge in [-0.05, 0) is 6.07 Å². The Balaban J connectivity index is 2.11. The van der Waals surface area contributed by atoms with E-state index in [1.165, 1.54) is 6.07 Å². The van der Waals surface area contributed by atoms with Gasteiger partial charge < -0.3 is 16.6 Å². The predicted molar refractivity (Wildman–Crippen MR) is 79.9 cm³/mol. The summed E-state index contributed by atoms with van der Waals surface area (Å²) >= 11 is 0.823. The van der Waals surface area contributed by atoms with Crippen molar-refractivity contribution in [2.75, 3.05) is 11.4 Å². The topological polar surface area (TPSA) is 139 Å². The number of rotatable bonds is 3. The molecule has 0 aromatic heterocycles. The van der Waals surface area contributed by atoms with E-state index in [9.17, 15) is 19.5 Å². The molecule has 2 atom stereocenters. The summed E-state index contributed by atoms with van der Waals surface area (Å²) in [6.07, 6.45) is 0. The van der Waals surface area contributed by atoms with Crippen LogP contribution in [0.25, 0.3) is 0 Å². The zero-order valence-electron chi connectivity index (χ0n) is 11.2. The number of carbonyl (C=O) groups is 3.